The van der Waals surface area contributed by atoms with Crippen molar-refractivity contribution in [3.05, 3.63) is 47.6 Å². The van der Waals surface area contributed by atoms with Crippen molar-refractivity contribution >= 4 is 0 Å². The third-order valence-electron chi connectivity index (χ3n) is 7.98. The normalized spacial score (nSPS) is 39.6. The molecule has 3 fully saturated rings. The van der Waals surface area contributed by atoms with Crippen LogP contribution < -0.4 is 0 Å². The van der Waals surface area contributed by atoms with Gasteiger partial charge >= 0.3 is 0 Å². The van der Waals surface area contributed by atoms with E-state index < -0.39 is 12.2 Å². The van der Waals surface area contributed by atoms with Crippen molar-refractivity contribution in [3.8, 4) is 0 Å². The largest absolute Gasteiger partial charge is 0.393 e. The Labute approximate surface area is 178 Å². The molecule has 0 aromatic rings. The Morgan fingerprint density at radius 1 is 1.17 bits per heavy atom. The number of aliphatic hydroxyl groups is 2. The second kappa shape index (κ2) is 9.35. The predicted molar refractivity (Wildman–Crippen MR) is 122 cm³/mol. The van der Waals surface area contributed by atoms with Crippen LogP contribution in [0.15, 0.2) is 47.6 Å². The summed E-state index contributed by atoms with van der Waals surface area (Å²) < 4.78 is 0. The SMILES string of the molecule is C=C1/C(=C/C=C2\CCC[C@@]3(C)C2CCC3[C@@H](C)/C=C/CC(C)C)CC(O)C[C@H]1O. The summed E-state index contributed by atoms with van der Waals surface area (Å²) in [7, 11) is 0. The second-order valence-corrected chi connectivity index (χ2v) is 10.6. The minimum atomic E-state index is -0.602. The molecule has 0 aromatic heterocycles. The maximum atomic E-state index is 10.1. The summed E-state index contributed by atoms with van der Waals surface area (Å²) in [5.74, 6) is 2.81. The van der Waals surface area contributed by atoms with Gasteiger partial charge in [0.05, 0.1) is 12.2 Å². The molecule has 162 valence electrons. The number of allylic oxidation sites excluding steroid dienone is 5. The molecule has 0 aliphatic heterocycles. The average molecular weight is 399 g/mol. The standard InChI is InChI=1S/C27H42O2/c1-18(2)8-6-9-19(3)24-13-14-25-21(10-7-15-27(24,25)5)11-12-22-16-23(28)17-26(29)20(22)4/h6,9,11-12,18-19,23-26,28-29H,4,7-8,10,13-17H2,1-3,5H3/b9-6+,21-11+,22-12+/t19-,23?,24?,25?,26+,27+/m0/s1. The van der Waals surface area contributed by atoms with Crippen LogP contribution >= 0.6 is 0 Å². The van der Waals surface area contributed by atoms with Gasteiger partial charge in [0.25, 0.3) is 0 Å². The minimum absolute atomic E-state index is 0.396. The van der Waals surface area contributed by atoms with E-state index in [0.29, 0.717) is 30.1 Å². The number of fused-ring (bicyclic) bond motifs is 1. The second-order valence-electron chi connectivity index (χ2n) is 10.6. The molecular formula is C27H42O2. The van der Waals surface area contributed by atoms with E-state index in [1.807, 2.05) is 0 Å². The predicted octanol–water partition coefficient (Wildman–Crippen LogP) is 6.37. The first kappa shape index (κ1) is 22.6. The molecule has 6 atom stereocenters. The monoisotopic (exact) mass is 398 g/mol. The smallest absolute Gasteiger partial charge is 0.0811 e. The first-order valence-corrected chi connectivity index (χ1v) is 11.8. The summed E-state index contributed by atoms with van der Waals surface area (Å²) >= 11 is 0. The van der Waals surface area contributed by atoms with Gasteiger partial charge in [0.2, 0.25) is 0 Å². The van der Waals surface area contributed by atoms with Crippen molar-refractivity contribution in [2.45, 2.75) is 91.3 Å². The lowest BCUT2D eigenvalue weighted by Crippen LogP contribution is -2.35. The van der Waals surface area contributed by atoms with Gasteiger partial charge in [-0.25, -0.2) is 0 Å². The molecular weight excluding hydrogens is 356 g/mol. The fourth-order valence-electron chi connectivity index (χ4n) is 6.31. The summed E-state index contributed by atoms with van der Waals surface area (Å²) in [6.45, 7) is 13.6. The van der Waals surface area contributed by atoms with Gasteiger partial charge in [-0.15, -0.1) is 0 Å². The topological polar surface area (TPSA) is 40.5 Å². The molecule has 3 unspecified atom stereocenters. The van der Waals surface area contributed by atoms with Crippen molar-refractivity contribution in [1.82, 2.24) is 0 Å². The molecule has 2 heteroatoms. The molecule has 3 aliphatic rings. The number of rotatable bonds is 5. The highest BCUT2D eigenvalue weighted by molar-refractivity contribution is 5.38. The van der Waals surface area contributed by atoms with Crippen LogP contribution in [-0.2, 0) is 0 Å². The van der Waals surface area contributed by atoms with Crippen molar-refractivity contribution in [2.75, 3.05) is 0 Å². The zero-order valence-electron chi connectivity index (χ0n) is 19.0. The summed E-state index contributed by atoms with van der Waals surface area (Å²) in [5.41, 5.74) is 3.79. The van der Waals surface area contributed by atoms with Gasteiger partial charge in [0.15, 0.2) is 0 Å². The van der Waals surface area contributed by atoms with Crippen LogP contribution in [0.5, 0.6) is 0 Å². The van der Waals surface area contributed by atoms with E-state index in [2.05, 4.69) is 58.6 Å². The number of aliphatic hydroxyl groups excluding tert-OH is 2. The van der Waals surface area contributed by atoms with E-state index in [4.69, 9.17) is 0 Å². The Morgan fingerprint density at radius 3 is 2.66 bits per heavy atom. The van der Waals surface area contributed by atoms with E-state index in [-0.39, 0.29) is 0 Å². The number of hydrogen-bond acceptors (Lipinski definition) is 2. The Morgan fingerprint density at radius 2 is 1.93 bits per heavy atom. The fourth-order valence-corrected chi connectivity index (χ4v) is 6.31. The van der Waals surface area contributed by atoms with Crippen LogP contribution in [0, 0.1) is 29.1 Å². The molecule has 0 saturated heterocycles. The molecule has 29 heavy (non-hydrogen) atoms. The highest BCUT2D eigenvalue weighted by Crippen LogP contribution is 2.59. The van der Waals surface area contributed by atoms with Crippen molar-refractivity contribution < 1.29 is 10.2 Å². The summed E-state index contributed by atoms with van der Waals surface area (Å²) in [5, 5.41) is 20.1. The lowest BCUT2D eigenvalue weighted by molar-refractivity contribution is 0.0862. The van der Waals surface area contributed by atoms with Gasteiger partial charge in [-0.1, -0.05) is 64.2 Å². The highest BCUT2D eigenvalue weighted by Gasteiger charge is 2.50. The van der Waals surface area contributed by atoms with Crippen LogP contribution in [0.25, 0.3) is 0 Å². The molecule has 3 aliphatic carbocycles. The molecule has 2 N–H and O–H groups in total. The minimum Gasteiger partial charge on any atom is -0.393 e. The maximum absolute atomic E-state index is 10.1. The average Bonchev–Trinajstić information content (AvgIpc) is 3.00. The van der Waals surface area contributed by atoms with Crippen LogP contribution in [0.3, 0.4) is 0 Å². The lowest BCUT2D eigenvalue weighted by Gasteiger charge is -2.44. The zero-order valence-corrected chi connectivity index (χ0v) is 19.0. The number of hydrogen-bond donors (Lipinski definition) is 2. The van der Waals surface area contributed by atoms with E-state index in [1.165, 1.54) is 38.5 Å². The maximum Gasteiger partial charge on any atom is 0.0811 e. The lowest BCUT2D eigenvalue weighted by atomic mass is 9.61. The van der Waals surface area contributed by atoms with E-state index in [0.717, 1.165) is 23.0 Å². The molecule has 0 spiro atoms. The van der Waals surface area contributed by atoms with Crippen LogP contribution in [0.4, 0.5) is 0 Å². The molecule has 0 amide bonds. The summed E-state index contributed by atoms with van der Waals surface area (Å²) in [6.07, 6.45) is 16.9. The molecule has 0 aromatic carbocycles. The van der Waals surface area contributed by atoms with E-state index >= 15 is 0 Å². The summed E-state index contributed by atoms with van der Waals surface area (Å²) in [6, 6.07) is 0. The van der Waals surface area contributed by atoms with E-state index in [9.17, 15) is 10.2 Å². The first-order chi connectivity index (χ1) is 13.7. The third-order valence-corrected chi connectivity index (χ3v) is 7.98. The molecule has 2 nitrogen and oxygen atoms in total. The van der Waals surface area contributed by atoms with Crippen LogP contribution in [0.1, 0.15) is 79.1 Å². The zero-order chi connectivity index (χ0) is 21.2. The Balaban J connectivity index is 1.75. The van der Waals surface area contributed by atoms with Crippen molar-refractivity contribution in [3.63, 3.8) is 0 Å². The van der Waals surface area contributed by atoms with Crippen molar-refractivity contribution in [2.24, 2.45) is 29.1 Å². The Kier molecular flexibility index (Phi) is 7.27. The Bertz CT molecular complexity index is 683. The van der Waals surface area contributed by atoms with Gasteiger partial charge in [-0.2, -0.15) is 0 Å². The molecule has 0 heterocycles. The highest BCUT2D eigenvalue weighted by atomic mass is 16.3. The van der Waals surface area contributed by atoms with Gasteiger partial charge < -0.3 is 10.2 Å². The quantitative estimate of drug-likeness (QED) is 0.529. The third kappa shape index (κ3) is 4.97. The first-order valence-electron chi connectivity index (χ1n) is 11.8. The summed E-state index contributed by atoms with van der Waals surface area (Å²) in [4.78, 5) is 0. The van der Waals surface area contributed by atoms with Crippen LogP contribution in [0.2, 0.25) is 0 Å². The molecule has 3 rings (SSSR count). The van der Waals surface area contributed by atoms with Crippen molar-refractivity contribution in [1.29, 1.82) is 0 Å². The van der Waals surface area contributed by atoms with Gasteiger partial charge in [-0.3, -0.25) is 0 Å². The van der Waals surface area contributed by atoms with Gasteiger partial charge in [0.1, 0.15) is 0 Å². The molecule has 0 radical (unpaired) electrons. The molecule has 3 saturated carbocycles. The molecule has 0 bridgehead atoms. The fraction of sp³-hybridized carbons (Fsp3) is 0.704. The van der Waals surface area contributed by atoms with E-state index in [1.54, 1.807) is 5.57 Å². The Hall–Kier alpha value is -1.12. The van der Waals surface area contributed by atoms with Gasteiger partial charge in [0, 0.05) is 6.42 Å². The van der Waals surface area contributed by atoms with Gasteiger partial charge in [-0.05, 0) is 85.2 Å². The van der Waals surface area contributed by atoms with Crippen LogP contribution in [-0.4, -0.2) is 22.4 Å².